The number of phenols is 1. The number of rotatable bonds is 16. The van der Waals surface area contributed by atoms with E-state index in [1.165, 1.54) is 12.1 Å². The topological polar surface area (TPSA) is 257 Å². The van der Waals surface area contributed by atoms with Gasteiger partial charge in [-0.15, -0.1) is 0 Å². The van der Waals surface area contributed by atoms with E-state index >= 15 is 0 Å². The second kappa shape index (κ2) is 15.1. The molecule has 4 atom stereocenters. The van der Waals surface area contributed by atoms with Crippen LogP contribution < -0.4 is 33.2 Å². The minimum Gasteiger partial charge on any atom is -0.508 e. The van der Waals surface area contributed by atoms with Crippen molar-refractivity contribution in [2.75, 3.05) is 0 Å². The van der Waals surface area contributed by atoms with Gasteiger partial charge in [0.15, 0.2) is 0 Å². The molecule has 11 N–H and O–H groups in total. The van der Waals surface area contributed by atoms with Gasteiger partial charge < -0.3 is 43.4 Å². The van der Waals surface area contributed by atoms with Gasteiger partial charge in [0.1, 0.15) is 23.9 Å². The lowest BCUT2D eigenvalue weighted by Gasteiger charge is -2.25. The maximum atomic E-state index is 13.0. The summed E-state index contributed by atoms with van der Waals surface area (Å²) in [7, 11) is 0. The Kier molecular flexibility index (Phi) is 12.7. The summed E-state index contributed by atoms with van der Waals surface area (Å²) in [4.78, 5) is 72.6. The van der Waals surface area contributed by atoms with Gasteiger partial charge in [-0.1, -0.05) is 26.0 Å². The molecule has 0 radical (unpaired) electrons. The number of nitrogens with two attached hydrogens (primary N) is 3. The van der Waals surface area contributed by atoms with E-state index in [4.69, 9.17) is 17.2 Å². The molecule has 1 aromatic carbocycles. The number of carboxylic acids is 1. The van der Waals surface area contributed by atoms with Crippen molar-refractivity contribution in [1.82, 2.24) is 16.0 Å². The Bertz CT molecular complexity index is 1010. The lowest BCUT2D eigenvalue weighted by atomic mass is 10.0. The molecule has 14 nitrogen and oxygen atoms in total. The molecule has 38 heavy (non-hydrogen) atoms. The molecular formula is C24H36N6O8. The van der Waals surface area contributed by atoms with E-state index in [-0.39, 0.29) is 37.4 Å². The monoisotopic (exact) mass is 536 g/mol. The van der Waals surface area contributed by atoms with E-state index in [0.717, 1.165) is 0 Å². The summed E-state index contributed by atoms with van der Waals surface area (Å²) in [5.74, 6) is -5.63. The fraction of sp³-hybridized carbons (Fsp3) is 0.500. The Morgan fingerprint density at radius 2 is 1.34 bits per heavy atom. The maximum Gasteiger partial charge on any atom is 0.326 e. The molecule has 0 saturated heterocycles. The third kappa shape index (κ3) is 11.7. The predicted molar refractivity (Wildman–Crippen MR) is 135 cm³/mol. The SMILES string of the molecule is CC(C)CC(NC(=O)C(CC(N)=O)NC(=O)C(N)Cc1ccc(O)cc1)C(=O)NC(CCC(N)=O)C(=O)O. The zero-order valence-corrected chi connectivity index (χ0v) is 21.3. The van der Waals surface area contributed by atoms with Crippen LogP contribution >= 0.6 is 0 Å². The number of amides is 5. The summed E-state index contributed by atoms with van der Waals surface area (Å²) in [6, 6.07) is 0.754. The fourth-order valence-corrected chi connectivity index (χ4v) is 3.46. The molecule has 210 valence electrons. The van der Waals surface area contributed by atoms with Crippen LogP contribution in [0.5, 0.6) is 5.75 Å². The molecule has 0 aliphatic heterocycles. The van der Waals surface area contributed by atoms with Crippen LogP contribution in [0.25, 0.3) is 0 Å². The highest BCUT2D eigenvalue weighted by Crippen LogP contribution is 2.11. The smallest absolute Gasteiger partial charge is 0.326 e. The number of carbonyl (C=O) groups is 6. The Labute approximate surface area is 219 Å². The first kappa shape index (κ1) is 31.8. The van der Waals surface area contributed by atoms with Crippen molar-refractivity contribution in [2.24, 2.45) is 23.1 Å². The van der Waals surface area contributed by atoms with Gasteiger partial charge in [-0.05, 0) is 42.9 Å². The zero-order chi connectivity index (χ0) is 29.0. The van der Waals surface area contributed by atoms with E-state index in [2.05, 4.69) is 16.0 Å². The van der Waals surface area contributed by atoms with Crippen molar-refractivity contribution in [1.29, 1.82) is 0 Å². The Morgan fingerprint density at radius 1 is 0.816 bits per heavy atom. The highest BCUT2D eigenvalue weighted by atomic mass is 16.4. The second-order valence-electron chi connectivity index (χ2n) is 9.30. The molecule has 0 saturated carbocycles. The van der Waals surface area contributed by atoms with Gasteiger partial charge in [-0.25, -0.2) is 4.79 Å². The largest absolute Gasteiger partial charge is 0.508 e. The van der Waals surface area contributed by atoms with Crippen molar-refractivity contribution < 1.29 is 39.0 Å². The quantitative estimate of drug-likeness (QED) is 0.116. The first-order chi connectivity index (χ1) is 17.7. The number of nitrogens with one attached hydrogen (secondary N) is 3. The third-order valence-corrected chi connectivity index (χ3v) is 5.40. The highest BCUT2D eigenvalue weighted by molar-refractivity contribution is 5.96. The van der Waals surface area contributed by atoms with E-state index in [9.17, 15) is 39.0 Å². The number of carbonyl (C=O) groups excluding carboxylic acids is 5. The number of benzene rings is 1. The summed E-state index contributed by atoms with van der Waals surface area (Å²) >= 11 is 0. The average Bonchev–Trinajstić information content (AvgIpc) is 2.81. The van der Waals surface area contributed by atoms with Crippen LogP contribution in [0.15, 0.2) is 24.3 Å². The number of hydrogen-bond donors (Lipinski definition) is 8. The van der Waals surface area contributed by atoms with Gasteiger partial charge in [0.25, 0.3) is 0 Å². The minimum atomic E-state index is -1.46. The normalized spacial score (nSPS) is 14.0. The Morgan fingerprint density at radius 3 is 1.84 bits per heavy atom. The number of aliphatic carboxylic acids is 1. The lowest BCUT2D eigenvalue weighted by molar-refractivity contribution is -0.143. The molecule has 0 aliphatic rings. The summed E-state index contributed by atoms with van der Waals surface area (Å²) < 4.78 is 0. The summed E-state index contributed by atoms with van der Waals surface area (Å²) in [6.45, 7) is 3.53. The van der Waals surface area contributed by atoms with E-state index in [1.54, 1.807) is 26.0 Å². The molecule has 0 spiro atoms. The lowest BCUT2D eigenvalue weighted by Crippen LogP contribution is -2.58. The summed E-state index contributed by atoms with van der Waals surface area (Å²) in [6.07, 6.45) is -0.960. The van der Waals surface area contributed by atoms with Crippen LogP contribution in [-0.4, -0.2) is 69.9 Å². The minimum absolute atomic E-state index is 0.0347. The zero-order valence-electron chi connectivity index (χ0n) is 21.3. The van der Waals surface area contributed by atoms with Gasteiger partial charge in [-0.2, -0.15) is 0 Å². The third-order valence-electron chi connectivity index (χ3n) is 5.40. The molecule has 0 fully saturated rings. The van der Waals surface area contributed by atoms with Crippen LogP contribution in [0.1, 0.15) is 45.1 Å². The molecule has 0 heterocycles. The molecule has 0 aromatic heterocycles. The van der Waals surface area contributed by atoms with Gasteiger partial charge in [0.05, 0.1) is 12.5 Å². The van der Waals surface area contributed by atoms with Crippen molar-refractivity contribution in [3.63, 3.8) is 0 Å². The van der Waals surface area contributed by atoms with Crippen molar-refractivity contribution in [3.8, 4) is 5.75 Å². The maximum absolute atomic E-state index is 13.0. The van der Waals surface area contributed by atoms with Gasteiger partial charge >= 0.3 is 5.97 Å². The molecule has 0 aliphatic carbocycles. The number of primary amides is 2. The molecule has 14 heteroatoms. The van der Waals surface area contributed by atoms with Crippen LogP contribution in [0.3, 0.4) is 0 Å². The average molecular weight is 537 g/mol. The fourth-order valence-electron chi connectivity index (χ4n) is 3.46. The van der Waals surface area contributed by atoms with E-state index < -0.39 is 66.1 Å². The molecular weight excluding hydrogens is 500 g/mol. The molecule has 5 amide bonds. The van der Waals surface area contributed by atoms with Crippen LogP contribution in [0.2, 0.25) is 0 Å². The molecule has 0 bridgehead atoms. The van der Waals surface area contributed by atoms with Gasteiger partial charge in [-0.3, -0.25) is 24.0 Å². The van der Waals surface area contributed by atoms with Crippen molar-refractivity contribution in [2.45, 2.75) is 70.1 Å². The second-order valence-corrected chi connectivity index (χ2v) is 9.30. The van der Waals surface area contributed by atoms with Crippen LogP contribution in [0, 0.1) is 5.92 Å². The van der Waals surface area contributed by atoms with Crippen LogP contribution in [0.4, 0.5) is 0 Å². The molecule has 1 rings (SSSR count). The Hall–Kier alpha value is -4.20. The standard InChI is InChI=1S/C24H36N6O8/c1-12(2)9-17(22(35)28-16(24(37)38)7-8-19(26)32)30-23(36)18(11-20(27)33)29-21(34)15(25)10-13-3-5-14(31)6-4-13/h3-6,12,15-18,31H,7-11,25H2,1-2H3,(H2,26,32)(H2,27,33)(H,28,35)(H,29,34)(H,30,36)(H,37,38). The van der Waals surface area contributed by atoms with Gasteiger partial charge in [0, 0.05) is 6.42 Å². The van der Waals surface area contributed by atoms with Gasteiger partial charge in [0.2, 0.25) is 29.5 Å². The summed E-state index contributed by atoms with van der Waals surface area (Å²) in [5.41, 5.74) is 16.9. The van der Waals surface area contributed by atoms with E-state index in [1.807, 2.05) is 0 Å². The number of phenolic OH excluding ortho intramolecular Hbond substituents is 1. The van der Waals surface area contributed by atoms with E-state index in [0.29, 0.717) is 5.56 Å². The number of hydrogen-bond acceptors (Lipinski definition) is 8. The van der Waals surface area contributed by atoms with Crippen LogP contribution in [-0.2, 0) is 35.2 Å². The van der Waals surface area contributed by atoms with Crippen molar-refractivity contribution >= 4 is 35.5 Å². The molecule has 1 aromatic rings. The highest BCUT2D eigenvalue weighted by Gasteiger charge is 2.31. The Balaban J connectivity index is 2.97. The number of aromatic hydroxyl groups is 1. The molecule has 4 unspecified atom stereocenters. The van der Waals surface area contributed by atoms with Crippen molar-refractivity contribution in [3.05, 3.63) is 29.8 Å². The first-order valence-corrected chi connectivity index (χ1v) is 11.9. The number of carboxylic acid groups (broad SMARTS) is 1. The predicted octanol–water partition coefficient (Wildman–Crippen LogP) is -2.01. The summed E-state index contributed by atoms with van der Waals surface area (Å²) in [5, 5.41) is 25.8. The first-order valence-electron chi connectivity index (χ1n) is 11.9.